The van der Waals surface area contributed by atoms with E-state index in [9.17, 15) is 9.59 Å². The summed E-state index contributed by atoms with van der Waals surface area (Å²) in [7, 11) is 1.55. The molecule has 1 aliphatic rings. The highest BCUT2D eigenvalue weighted by molar-refractivity contribution is 9.10. The van der Waals surface area contributed by atoms with Crippen LogP contribution in [-0.4, -0.2) is 59.7 Å². The summed E-state index contributed by atoms with van der Waals surface area (Å²) in [6.07, 6.45) is -0.895. The predicted octanol–water partition coefficient (Wildman–Crippen LogP) is 1.39. The number of nitrogens with one attached hydrogen (secondary N) is 1. The molecule has 21 heavy (non-hydrogen) atoms. The average Bonchev–Trinajstić information content (AvgIpc) is 2.46. The van der Waals surface area contributed by atoms with E-state index in [4.69, 9.17) is 5.11 Å². The van der Waals surface area contributed by atoms with Crippen molar-refractivity contribution in [2.45, 2.75) is 13.0 Å². The van der Waals surface area contributed by atoms with Gasteiger partial charge in [0.15, 0.2) is 0 Å². The van der Waals surface area contributed by atoms with Gasteiger partial charge in [0, 0.05) is 32.7 Å². The Bertz CT molecular complexity index is 566. The van der Waals surface area contributed by atoms with E-state index in [0.29, 0.717) is 29.9 Å². The van der Waals surface area contributed by atoms with Crippen molar-refractivity contribution < 1.29 is 14.7 Å². The number of hydrogen-bond acceptors (Lipinski definition) is 4. The molecule has 2 rings (SSSR count). The van der Waals surface area contributed by atoms with Gasteiger partial charge in [-0.15, -0.1) is 0 Å². The molecule has 0 aliphatic carbocycles. The third kappa shape index (κ3) is 3.26. The van der Waals surface area contributed by atoms with Crippen LogP contribution >= 0.6 is 15.9 Å². The molecule has 1 saturated heterocycles. The van der Waals surface area contributed by atoms with Crippen LogP contribution in [0.2, 0.25) is 0 Å². The van der Waals surface area contributed by atoms with Gasteiger partial charge in [0.05, 0.1) is 5.69 Å². The number of amides is 2. The number of nitrogens with zero attached hydrogens (tertiary/aromatic N) is 3. The smallest absolute Gasteiger partial charge is 0.407 e. The van der Waals surface area contributed by atoms with Gasteiger partial charge in [-0.2, -0.15) is 0 Å². The monoisotopic (exact) mass is 356 g/mol. The summed E-state index contributed by atoms with van der Waals surface area (Å²) >= 11 is 3.39. The maximum atomic E-state index is 11.6. The zero-order valence-corrected chi connectivity index (χ0v) is 13.4. The predicted molar refractivity (Wildman–Crippen MR) is 81.7 cm³/mol. The minimum Gasteiger partial charge on any atom is -0.465 e. The Balaban J connectivity index is 2.19. The molecule has 1 atom stereocenters. The van der Waals surface area contributed by atoms with Gasteiger partial charge >= 0.3 is 6.09 Å². The molecule has 1 aromatic rings. The van der Waals surface area contributed by atoms with Gasteiger partial charge in [-0.1, -0.05) is 0 Å². The first-order valence-electron chi connectivity index (χ1n) is 6.57. The number of hydrogen-bond donors (Lipinski definition) is 2. The second-order valence-corrected chi connectivity index (χ2v) is 5.61. The van der Waals surface area contributed by atoms with Crippen molar-refractivity contribution in [3.05, 3.63) is 22.4 Å². The zero-order chi connectivity index (χ0) is 15.6. The fourth-order valence-electron chi connectivity index (χ4n) is 2.38. The second kappa shape index (κ2) is 6.30. The number of carbonyl (C=O) groups excluding carboxylic acids is 1. The molecular formula is C13H17BrN4O3. The number of rotatable bonds is 2. The molecule has 8 heteroatoms. The standard InChI is InChI=1S/C13H17BrN4O3/c1-8-7-17(13(20)21)5-6-18(8)10-4-3-9(12(19)15-2)16-11(10)14/h3-4,8H,5-7H2,1-2H3,(H,15,19)(H,20,21)/t8-/m1/s1. The number of carboxylic acid groups (broad SMARTS) is 1. The molecule has 1 aromatic heterocycles. The molecule has 7 nitrogen and oxygen atoms in total. The number of piperazine rings is 1. The van der Waals surface area contributed by atoms with Gasteiger partial charge < -0.3 is 20.2 Å². The average molecular weight is 357 g/mol. The lowest BCUT2D eigenvalue weighted by Gasteiger charge is -2.40. The molecule has 0 aromatic carbocycles. The van der Waals surface area contributed by atoms with Crippen molar-refractivity contribution in [2.24, 2.45) is 0 Å². The van der Waals surface area contributed by atoms with E-state index in [2.05, 4.69) is 31.1 Å². The molecule has 114 valence electrons. The van der Waals surface area contributed by atoms with E-state index >= 15 is 0 Å². The second-order valence-electron chi connectivity index (χ2n) is 4.86. The third-order valence-electron chi connectivity index (χ3n) is 3.50. The Kier molecular flexibility index (Phi) is 4.66. The van der Waals surface area contributed by atoms with Gasteiger partial charge in [0.1, 0.15) is 10.3 Å². The lowest BCUT2D eigenvalue weighted by Crippen LogP contribution is -2.53. The molecule has 1 aliphatic heterocycles. The van der Waals surface area contributed by atoms with Crippen LogP contribution in [0.15, 0.2) is 16.7 Å². The van der Waals surface area contributed by atoms with E-state index in [1.54, 1.807) is 13.1 Å². The number of carbonyl (C=O) groups is 2. The highest BCUT2D eigenvalue weighted by Crippen LogP contribution is 2.28. The van der Waals surface area contributed by atoms with Crippen LogP contribution in [0.1, 0.15) is 17.4 Å². The van der Waals surface area contributed by atoms with Gasteiger partial charge in [-0.05, 0) is 35.0 Å². The van der Waals surface area contributed by atoms with E-state index in [-0.39, 0.29) is 11.9 Å². The van der Waals surface area contributed by atoms with Crippen molar-refractivity contribution in [2.75, 3.05) is 31.6 Å². The largest absolute Gasteiger partial charge is 0.465 e. The summed E-state index contributed by atoms with van der Waals surface area (Å²) in [6.45, 7) is 3.45. The number of halogens is 1. The maximum absolute atomic E-state index is 11.6. The first-order valence-corrected chi connectivity index (χ1v) is 7.36. The molecule has 0 unspecified atom stereocenters. The van der Waals surface area contributed by atoms with Crippen molar-refractivity contribution in [1.82, 2.24) is 15.2 Å². The highest BCUT2D eigenvalue weighted by atomic mass is 79.9. The molecule has 0 saturated carbocycles. The molecule has 0 radical (unpaired) electrons. The number of pyridine rings is 1. The Morgan fingerprint density at radius 3 is 2.67 bits per heavy atom. The maximum Gasteiger partial charge on any atom is 0.407 e. The molecule has 2 amide bonds. The van der Waals surface area contributed by atoms with Crippen LogP contribution in [0.3, 0.4) is 0 Å². The Hall–Kier alpha value is -1.83. The van der Waals surface area contributed by atoms with Gasteiger partial charge in [0.25, 0.3) is 5.91 Å². The highest BCUT2D eigenvalue weighted by Gasteiger charge is 2.28. The summed E-state index contributed by atoms with van der Waals surface area (Å²) in [5.74, 6) is -0.244. The van der Waals surface area contributed by atoms with Crippen molar-refractivity contribution in [3.63, 3.8) is 0 Å². The molecule has 2 N–H and O–H groups in total. The van der Waals surface area contributed by atoms with Crippen molar-refractivity contribution >= 4 is 33.6 Å². The number of anilines is 1. The summed E-state index contributed by atoms with van der Waals surface area (Å²) in [6, 6.07) is 3.53. The molecular weight excluding hydrogens is 340 g/mol. The lowest BCUT2D eigenvalue weighted by atomic mass is 10.1. The molecule has 0 bridgehead atoms. The summed E-state index contributed by atoms with van der Waals surface area (Å²) in [4.78, 5) is 30.3. The molecule has 2 heterocycles. The fraction of sp³-hybridized carbons (Fsp3) is 0.462. The summed E-state index contributed by atoms with van der Waals surface area (Å²) < 4.78 is 0.583. The molecule has 1 fully saturated rings. The van der Waals surface area contributed by atoms with Crippen LogP contribution in [-0.2, 0) is 0 Å². The van der Waals surface area contributed by atoms with Crippen LogP contribution in [0, 0.1) is 0 Å². The van der Waals surface area contributed by atoms with Gasteiger partial charge in [-0.25, -0.2) is 9.78 Å². The van der Waals surface area contributed by atoms with E-state index in [1.165, 1.54) is 4.90 Å². The van der Waals surface area contributed by atoms with Crippen LogP contribution < -0.4 is 10.2 Å². The van der Waals surface area contributed by atoms with E-state index < -0.39 is 6.09 Å². The first-order chi connectivity index (χ1) is 9.93. The quantitative estimate of drug-likeness (QED) is 0.782. The van der Waals surface area contributed by atoms with Crippen molar-refractivity contribution in [3.8, 4) is 0 Å². The first kappa shape index (κ1) is 15.6. The van der Waals surface area contributed by atoms with E-state index in [1.807, 2.05) is 13.0 Å². The van der Waals surface area contributed by atoms with Crippen molar-refractivity contribution in [1.29, 1.82) is 0 Å². The minimum absolute atomic E-state index is 0.0406. The fourth-order valence-corrected chi connectivity index (χ4v) is 2.94. The topological polar surface area (TPSA) is 85.8 Å². The van der Waals surface area contributed by atoms with Crippen LogP contribution in [0.5, 0.6) is 0 Å². The van der Waals surface area contributed by atoms with Gasteiger partial charge in [0.2, 0.25) is 0 Å². The van der Waals surface area contributed by atoms with Crippen LogP contribution in [0.4, 0.5) is 10.5 Å². The Morgan fingerprint density at radius 1 is 1.43 bits per heavy atom. The van der Waals surface area contributed by atoms with Gasteiger partial charge in [-0.3, -0.25) is 4.79 Å². The van der Waals surface area contributed by atoms with Crippen LogP contribution in [0.25, 0.3) is 0 Å². The summed E-state index contributed by atoms with van der Waals surface area (Å²) in [5, 5.41) is 11.6. The Labute approximate surface area is 131 Å². The molecule has 0 spiro atoms. The normalized spacial score (nSPS) is 18.5. The minimum atomic E-state index is -0.895. The SMILES string of the molecule is CNC(=O)c1ccc(N2CCN(C(=O)O)C[C@H]2C)c(Br)n1. The number of aromatic nitrogens is 1. The zero-order valence-electron chi connectivity index (χ0n) is 11.8. The third-order valence-corrected chi connectivity index (χ3v) is 4.08. The lowest BCUT2D eigenvalue weighted by molar-refractivity contribution is 0.0957. The van der Waals surface area contributed by atoms with E-state index in [0.717, 1.165) is 5.69 Å². The Morgan fingerprint density at radius 2 is 2.14 bits per heavy atom. The summed E-state index contributed by atoms with van der Waals surface area (Å²) in [5.41, 5.74) is 1.20.